The first-order valence-electron chi connectivity index (χ1n) is 10.4. The number of allylic oxidation sites excluding steroid dienone is 1. The van der Waals surface area contributed by atoms with E-state index in [0.717, 1.165) is 33.2 Å². The van der Waals surface area contributed by atoms with Crippen LogP contribution in [-0.2, 0) is 20.2 Å². The Balaban J connectivity index is 1.94. The normalized spacial score (nSPS) is 17.3. The summed E-state index contributed by atoms with van der Waals surface area (Å²) in [7, 11) is -0.918. The van der Waals surface area contributed by atoms with E-state index in [-0.39, 0.29) is 23.3 Å². The molecule has 0 saturated heterocycles. The number of rotatable bonds is 9. The lowest BCUT2D eigenvalue weighted by atomic mass is 9.82. The molecule has 1 atom stereocenters. The molecule has 0 aromatic heterocycles. The number of amides is 1. The molecule has 1 aliphatic carbocycles. The number of carbonyl (C=O) groups excluding carboxylic acids is 1. The molecule has 2 aromatic carbocycles. The van der Waals surface area contributed by atoms with Crippen LogP contribution in [0.3, 0.4) is 0 Å². The van der Waals surface area contributed by atoms with Crippen molar-refractivity contribution in [3.8, 4) is 11.5 Å². The third kappa shape index (κ3) is 4.30. The van der Waals surface area contributed by atoms with Crippen LogP contribution in [0.4, 0.5) is 0 Å². The molecule has 6 nitrogen and oxygen atoms in total. The van der Waals surface area contributed by atoms with Crippen LogP contribution in [-0.4, -0.2) is 39.4 Å². The van der Waals surface area contributed by atoms with Gasteiger partial charge >= 0.3 is 0 Å². The topological polar surface area (TPSA) is 72.9 Å². The molecule has 1 aliphatic rings. The van der Waals surface area contributed by atoms with Crippen molar-refractivity contribution >= 4 is 21.5 Å². The van der Waals surface area contributed by atoms with Crippen LogP contribution in [0.1, 0.15) is 37.8 Å². The monoisotopic (exact) mass is 455 g/mol. The van der Waals surface area contributed by atoms with Crippen LogP contribution < -0.4 is 9.47 Å². The first-order valence-corrected chi connectivity index (χ1v) is 11.8. The number of sulfonamides is 1. The Morgan fingerprint density at radius 3 is 2.28 bits per heavy atom. The molecule has 0 spiro atoms. The third-order valence-corrected chi connectivity index (χ3v) is 7.78. The zero-order valence-corrected chi connectivity index (χ0v) is 19.7. The highest BCUT2D eigenvalue weighted by Crippen LogP contribution is 2.45. The summed E-state index contributed by atoms with van der Waals surface area (Å²) in [5.74, 6) is 0.779. The van der Waals surface area contributed by atoms with E-state index in [2.05, 4.69) is 26.5 Å². The molecule has 0 fully saturated rings. The zero-order valence-electron chi connectivity index (χ0n) is 18.9. The van der Waals surface area contributed by atoms with Crippen LogP contribution in [0, 0.1) is 0 Å². The van der Waals surface area contributed by atoms with Gasteiger partial charge in [-0.3, -0.25) is 4.79 Å². The summed E-state index contributed by atoms with van der Waals surface area (Å²) in [4.78, 5) is 13.3. The van der Waals surface area contributed by atoms with Gasteiger partial charge in [-0.1, -0.05) is 32.1 Å². The van der Waals surface area contributed by atoms with Gasteiger partial charge in [-0.15, -0.1) is 6.58 Å². The number of methoxy groups -OCH3 is 2. The van der Waals surface area contributed by atoms with E-state index >= 15 is 0 Å². The Kier molecular flexibility index (Phi) is 6.79. The number of benzene rings is 2. The van der Waals surface area contributed by atoms with E-state index in [1.807, 2.05) is 18.2 Å². The van der Waals surface area contributed by atoms with E-state index in [1.54, 1.807) is 19.2 Å². The van der Waals surface area contributed by atoms with Gasteiger partial charge in [0.1, 0.15) is 11.5 Å². The number of fused-ring (bicyclic) bond motifs is 1. The molecule has 0 N–H and O–H groups in total. The van der Waals surface area contributed by atoms with Gasteiger partial charge in [-0.2, -0.15) is 0 Å². The Morgan fingerprint density at radius 1 is 1.09 bits per heavy atom. The molecule has 0 saturated carbocycles. The average Bonchev–Trinajstić information content (AvgIpc) is 3.08. The first-order chi connectivity index (χ1) is 15.2. The van der Waals surface area contributed by atoms with Crippen LogP contribution in [0.15, 0.2) is 66.1 Å². The van der Waals surface area contributed by atoms with Crippen molar-refractivity contribution in [2.45, 2.75) is 37.0 Å². The minimum Gasteiger partial charge on any atom is -0.497 e. The number of nitrogens with zero attached hydrogens (tertiary/aromatic N) is 1. The van der Waals surface area contributed by atoms with E-state index in [0.29, 0.717) is 5.75 Å². The number of hydrogen-bond acceptors (Lipinski definition) is 5. The lowest BCUT2D eigenvalue weighted by Crippen LogP contribution is -2.37. The van der Waals surface area contributed by atoms with Gasteiger partial charge < -0.3 is 9.47 Å². The van der Waals surface area contributed by atoms with Crippen LogP contribution in [0.2, 0.25) is 0 Å². The standard InChI is InChI=1S/C25H29NO5S/c1-6-14-26(32(28,29)21-11-8-19(30-4)9-12-21)24(27)15-18-17-25(3,7-2)23-16-20(31-5)10-13-22(18)23/h6,8-13,16-17H,1,7,14-15H2,2-5H3. The van der Waals surface area contributed by atoms with Crippen molar-refractivity contribution in [1.29, 1.82) is 0 Å². The fourth-order valence-corrected chi connectivity index (χ4v) is 5.33. The van der Waals surface area contributed by atoms with E-state index in [1.165, 1.54) is 25.3 Å². The Labute approximate surface area is 190 Å². The highest BCUT2D eigenvalue weighted by atomic mass is 32.2. The van der Waals surface area contributed by atoms with Crippen molar-refractivity contribution in [3.63, 3.8) is 0 Å². The van der Waals surface area contributed by atoms with Gasteiger partial charge in [-0.25, -0.2) is 12.7 Å². The molecule has 0 aliphatic heterocycles. The minimum atomic E-state index is -4.04. The average molecular weight is 456 g/mol. The minimum absolute atomic E-state index is 0.0254. The molecule has 0 bridgehead atoms. The lowest BCUT2D eigenvalue weighted by molar-refractivity contribution is -0.125. The van der Waals surface area contributed by atoms with Gasteiger partial charge in [0.25, 0.3) is 10.0 Å². The molecule has 1 unspecified atom stereocenters. The second kappa shape index (κ2) is 9.20. The largest absolute Gasteiger partial charge is 0.497 e. The Hall–Kier alpha value is -3.06. The predicted octanol–water partition coefficient (Wildman–Crippen LogP) is 4.56. The fourth-order valence-electron chi connectivity index (χ4n) is 3.96. The van der Waals surface area contributed by atoms with Gasteiger partial charge in [0.2, 0.25) is 5.91 Å². The quantitative estimate of drug-likeness (QED) is 0.518. The molecule has 0 heterocycles. The number of ether oxygens (including phenoxy) is 2. The Bertz CT molecular complexity index is 1150. The lowest BCUT2D eigenvalue weighted by Gasteiger charge is -2.22. The van der Waals surface area contributed by atoms with E-state index in [4.69, 9.17) is 9.47 Å². The van der Waals surface area contributed by atoms with Crippen molar-refractivity contribution in [2.24, 2.45) is 0 Å². The predicted molar refractivity (Wildman–Crippen MR) is 125 cm³/mol. The van der Waals surface area contributed by atoms with Crippen LogP contribution >= 0.6 is 0 Å². The Morgan fingerprint density at radius 2 is 1.72 bits per heavy atom. The summed E-state index contributed by atoms with van der Waals surface area (Å²) >= 11 is 0. The molecule has 7 heteroatoms. The summed E-state index contributed by atoms with van der Waals surface area (Å²) in [6.07, 6.45) is 4.29. The van der Waals surface area contributed by atoms with Crippen molar-refractivity contribution in [1.82, 2.24) is 4.31 Å². The molecule has 1 amide bonds. The van der Waals surface area contributed by atoms with Crippen LogP contribution in [0.25, 0.3) is 5.57 Å². The van der Waals surface area contributed by atoms with Gasteiger partial charge in [0.15, 0.2) is 0 Å². The SMILES string of the molecule is C=CCN(C(=O)CC1=CC(C)(CC)c2cc(OC)ccc21)S(=O)(=O)c1ccc(OC)cc1. The van der Waals surface area contributed by atoms with Crippen molar-refractivity contribution in [3.05, 3.63) is 72.3 Å². The second-order valence-electron chi connectivity index (χ2n) is 7.92. The third-order valence-electron chi connectivity index (χ3n) is 5.98. The smallest absolute Gasteiger partial charge is 0.266 e. The first kappa shape index (κ1) is 23.6. The fraction of sp³-hybridized carbons (Fsp3) is 0.320. The summed E-state index contributed by atoms with van der Waals surface area (Å²) in [6, 6.07) is 11.8. The molecule has 32 heavy (non-hydrogen) atoms. The van der Waals surface area contributed by atoms with Gasteiger partial charge in [0, 0.05) is 5.41 Å². The van der Waals surface area contributed by atoms with E-state index in [9.17, 15) is 13.2 Å². The van der Waals surface area contributed by atoms with Gasteiger partial charge in [0.05, 0.1) is 32.1 Å². The maximum absolute atomic E-state index is 13.3. The van der Waals surface area contributed by atoms with Gasteiger partial charge in [-0.05, 0) is 59.5 Å². The van der Waals surface area contributed by atoms with Crippen LogP contribution in [0.5, 0.6) is 11.5 Å². The zero-order chi connectivity index (χ0) is 23.5. The maximum atomic E-state index is 13.3. The van der Waals surface area contributed by atoms with Crippen molar-refractivity contribution < 1.29 is 22.7 Å². The molecular weight excluding hydrogens is 426 g/mol. The highest BCUT2D eigenvalue weighted by molar-refractivity contribution is 7.89. The summed E-state index contributed by atoms with van der Waals surface area (Å²) in [6.45, 7) is 7.72. The van der Waals surface area contributed by atoms with Crippen molar-refractivity contribution in [2.75, 3.05) is 20.8 Å². The molecule has 2 aromatic rings. The highest BCUT2D eigenvalue weighted by Gasteiger charge is 2.35. The molecule has 0 radical (unpaired) electrons. The number of carbonyl (C=O) groups is 1. The summed E-state index contributed by atoms with van der Waals surface area (Å²) in [5.41, 5.74) is 2.59. The second-order valence-corrected chi connectivity index (χ2v) is 9.79. The molecular formula is C25H29NO5S. The number of hydrogen-bond donors (Lipinski definition) is 0. The molecule has 3 rings (SSSR count). The maximum Gasteiger partial charge on any atom is 0.266 e. The molecule has 170 valence electrons. The van der Waals surface area contributed by atoms with E-state index < -0.39 is 15.9 Å². The summed E-state index contributed by atoms with van der Waals surface area (Å²) < 4.78 is 37.8. The summed E-state index contributed by atoms with van der Waals surface area (Å²) in [5, 5.41) is 0.